The van der Waals surface area contributed by atoms with Crippen LogP contribution >= 0.6 is 0 Å². The van der Waals surface area contributed by atoms with Crippen LogP contribution in [0.4, 0.5) is 0 Å². The third-order valence-corrected chi connectivity index (χ3v) is 1.38. The SMILES string of the molecule is C#CC(C)NC(=O)c1ccoc1. The summed E-state index contributed by atoms with van der Waals surface area (Å²) in [4.78, 5) is 11.2. The summed E-state index contributed by atoms with van der Waals surface area (Å²) < 4.78 is 4.74. The minimum absolute atomic E-state index is 0.214. The highest BCUT2D eigenvalue weighted by atomic mass is 16.3. The van der Waals surface area contributed by atoms with Gasteiger partial charge in [0.1, 0.15) is 6.26 Å². The summed E-state index contributed by atoms with van der Waals surface area (Å²) in [5.41, 5.74) is 0.483. The molecule has 1 aromatic rings. The van der Waals surface area contributed by atoms with E-state index >= 15 is 0 Å². The molecule has 0 saturated heterocycles. The maximum Gasteiger partial charge on any atom is 0.255 e. The Morgan fingerprint density at radius 1 is 1.83 bits per heavy atom. The highest BCUT2D eigenvalue weighted by molar-refractivity contribution is 5.94. The van der Waals surface area contributed by atoms with Gasteiger partial charge in [-0.3, -0.25) is 4.79 Å². The van der Waals surface area contributed by atoms with E-state index in [9.17, 15) is 4.79 Å². The Morgan fingerprint density at radius 3 is 3.08 bits per heavy atom. The van der Waals surface area contributed by atoms with E-state index in [2.05, 4.69) is 11.2 Å². The van der Waals surface area contributed by atoms with Gasteiger partial charge in [-0.15, -0.1) is 6.42 Å². The molecule has 3 nitrogen and oxygen atoms in total. The zero-order valence-corrected chi connectivity index (χ0v) is 6.70. The molecule has 1 heterocycles. The maximum absolute atomic E-state index is 11.2. The van der Waals surface area contributed by atoms with E-state index in [1.54, 1.807) is 13.0 Å². The first-order valence-electron chi connectivity index (χ1n) is 3.53. The minimum Gasteiger partial charge on any atom is -0.472 e. The van der Waals surface area contributed by atoms with Gasteiger partial charge < -0.3 is 9.73 Å². The summed E-state index contributed by atoms with van der Waals surface area (Å²) in [7, 11) is 0. The van der Waals surface area contributed by atoms with Gasteiger partial charge in [0.25, 0.3) is 5.91 Å². The van der Waals surface area contributed by atoms with Crippen molar-refractivity contribution in [1.29, 1.82) is 0 Å². The molecule has 1 amide bonds. The molecule has 0 aliphatic carbocycles. The Morgan fingerprint density at radius 2 is 2.58 bits per heavy atom. The molecule has 0 radical (unpaired) electrons. The Bertz CT molecular complexity index is 295. The summed E-state index contributed by atoms with van der Waals surface area (Å²) in [5.74, 6) is 2.18. The van der Waals surface area contributed by atoms with Crippen LogP contribution in [-0.2, 0) is 0 Å². The highest BCUT2D eigenvalue weighted by Gasteiger charge is 2.07. The third-order valence-electron chi connectivity index (χ3n) is 1.38. The first-order chi connectivity index (χ1) is 5.74. The van der Waals surface area contributed by atoms with E-state index in [4.69, 9.17) is 10.8 Å². The molecule has 0 spiro atoms. The second-order valence-electron chi connectivity index (χ2n) is 2.37. The number of carbonyl (C=O) groups is 1. The van der Waals surface area contributed by atoms with E-state index in [1.165, 1.54) is 12.5 Å². The molecule has 62 valence electrons. The topological polar surface area (TPSA) is 42.2 Å². The molecule has 3 heteroatoms. The summed E-state index contributed by atoms with van der Waals surface area (Å²) >= 11 is 0. The molecule has 0 fully saturated rings. The first-order valence-corrected chi connectivity index (χ1v) is 3.53. The number of carbonyl (C=O) groups excluding carboxylic acids is 1. The monoisotopic (exact) mass is 163 g/mol. The molecule has 1 unspecified atom stereocenters. The third kappa shape index (κ3) is 1.89. The van der Waals surface area contributed by atoms with Gasteiger partial charge in [0, 0.05) is 0 Å². The molecule has 0 aliphatic rings. The van der Waals surface area contributed by atoms with E-state index in [1.807, 2.05) is 0 Å². The molecule has 0 bridgehead atoms. The lowest BCUT2D eigenvalue weighted by Crippen LogP contribution is -2.30. The predicted octanol–water partition coefficient (Wildman–Crippen LogP) is 1.03. The molecule has 0 saturated carbocycles. The standard InChI is InChI=1S/C9H9NO2/c1-3-7(2)10-9(11)8-4-5-12-6-8/h1,4-7H,2H3,(H,10,11). The molecular formula is C9H9NO2. The maximum atomic E-state index is 11.2. The van der Waals surface area contributed by atoms with Crippen molar-refractivity contribution in [3.8, 4) is 12.3 Å². The average Bonchev–Trinajstić information content (AvgIpc) is 2.56. The van der Waals surface area contributed by atoms with Gasteiger partial charge in [-0.25, -0.2) is 0 Å². The number of nitrogens with one attached hydrogen (secondary N) is 1. The fourth-order valence-electron chi connectivity index (χ4n) is 0.715. The highest BCUT2D eigenvalue weighted by Crippen LogP contribution is 1.99. The van der Waals surface area contributed by atoms with Gasteiger partial charge in [-0.05, 0) is 13.0 Å². The number of hydrogen-bond acceptors (Lipinski definition) is 2. The molecule has 12 heavy (non-hydrogen) atoms. The van der Waals surface area contributed by atoms with Crippen molar-refractivity contribution in [2.75, 3.05) is 0 Å². The number of rotatable bonds is 2. The van der Waals surface area contributed by atoms with E-state index in [0.717, 1.165) is 0 Å². The fraction of sp³-hybridized carbons (Fsp3) is 0.222. The van der Waals surface area contributed by atoms with Gasteiger partial charge >= 0.3 is 0 Å². The average molecular weight is 163 g/mol. The lowest BCUT2D eigenvalue weighted by molar-refractivity contribution is 0.0947. The van der Waals surface area contributed by atoms with Crippen LogP contribution < -0.4 is 5.32 Å². The molecule has 0 aliphatic heterocycles. The van der Waals surface area contributed by atoms with Gasteiger partial charge in [-0.1, -0.05) is 5.92 Å². The van der Waals surface area contributed by atoms with Crippen LogP contribution in [0.2, 0.25) is 0 Å². The van der Waals surface area contributed by atoms with E-state index in [-0.39, 0.29) is 11.9 Å². The van der Waals surface area contributed by atoms with E-state index < -0.39 is 0 Å². The molecule has 1 N–H and O–H groups in total. The number of terminal acetylenes is 1. The Hall–Kier alpha value is -1.69. The second-order valence-corrected chi connectivity index (χ2v) is 2.37. The lowest BCUT2D eigenvalue weighted by atomic mass is 10.3. The number of hydrogen-bond donors (Lipinski definition) is 1. The van der Waals surface area contributed by atoms with E-state index in [0.29, 0.717) is 5.56 Å². The predicted molar refractivity (Wildman–Crippen MR) is 44.5 cm³/mol. The Kier molecular flexibility index (Phi) is 2.54. The smallest absolute Gasteiger partial charge is 0.255 e. The van der Waals surface area contributed by atoms with Gasteiger partial charge in [0.05, 0.1) is 17.9 Å². The van der Waals surface area contributed by atoms with Crippen molar-refractivity contribution in [3.05, 3.63) is 24.2 Å². The fourth-order valence-corrected chi connectivity index (χ4v) is 0.715. The first kappa shape index (κ1) is 8.41. The summed E-state index contributed by atoms with van der Waals surface area (Å²) in [6.07, 6.45) is 7.90. The van der Waals surface area contributed by atoms with Crippen molar-refractivity contribution in [2.45, 2.75) is 13.0 Å². The molecule has 1 aromatic heterocycles. The van der Waals surface area contributed by atoms with Crippen LogP contribution in [0, 0.1) is 12.3 Å². The lowest BCUT2D eigenvalue weighted by Gasteiger charge is -2.04. The minimum atomic E-state index is -0.257. The van der Waals surface area contributed by atoms with Crippen LogP contribution in [0.3, 0.4) is 0 Å². The number of furan rings is 1. The van der Waals surface area contributed by atoms with Crippen molar-refractivity contribution in [3.63, 3.8) is 0 Å². The van der Waals surface area contributed by atoms with Crippen LogP contribution in [0.1, 0.15) is 17.3 Å². The van der Waals surface area contributed by atoms with Crippen molar-refractivity contribution >= 4 is 5.91 Å². The molecule has 1 rings (SSSR count). The van der Waals surface area contributed by atoms with Crippen molar-refractivity contribution in [1.82, 2.24) is 5.32 Å². The zero-order chi connectivity index (χ0) is 8.97. The largest absolute Gasteiger partial charge is 0.472 e. The second kappa shape index (κ2) is 3.63. The Balaban J connectivity index is 2.57. The quantitative estimate of drug-likeness (QED) is 0.661. The summed E-state index contributed by atoms with van der Waals surface area (Å²) in [5, 5.41) is 2.60. The number of amides is 1. The zero-order valence-electron chi connectivity index (χ0n) is 6.70. The molecule has 1 atom stereocenters. The summed E-state index contributed by atoms with van der Waals surface area (Å²) in [6, 6.07) is 1.32. The van der Waals surface area contributed by atoms with Crippen molar-refractivity contribution in [2.24, 2.45) is 0 Å². The summed E-state index contributed by atoms with van der Waals surface area (Å²) in [6.45, 7) is 1.73. The normalized spacial score (nSPS) is 11.7. The van der Waals surface area contributed by atoms with Crippen LogP contribution in [-0.4, -0.2) is 11.9 Å². The van der Waals surface area contributed by atoms with Gasteiger partial charge in [-0.2, -0.15) is 0 Å². The van der Waals surface area contributed by atoms with Crippen LogP contribution in [0.15, 0.2) is 23.0 Å². The molecule has 0 aromatic carbocycles. The van der Waals surface area contributed by atoms with Gasteiger partial charge in [0.15, 0.2) is 0 Å². The molecular weight excluding hydrogens is 154 g/mol. The Labute approximate surface area is 70.8 Å². The van der Waals surface area contributed by atoms with Crippen molar-refractivity contribution < 1.29 is 9.21 Å². The van der Waals surface area contributed by atoms with Crippen LogP contribution in [0.5, 0.6) is 0 Å². The van der Waals surface area contributed by atoms with Crippen LogP contribution in [0.25, 0.3) is 0 Å². The van der Waals surface area contributed by atoms with Gasteiger partial charge in [0.2, 0.25) is 0 Å².